The monoisotopic (exact) mass is 429 g/mol. The summed E-state index contributed by atoms with van der Waals surface area (Å²) in [5.74, 6) is 0.150. The van der Waals surface area contributed by atoms with Gasteiger partial charge in [-0.1, -0.05) is 23.7 Å². The molecule has 0 aliphatic carbocycles. The number of carbonyl (C=O) groups excluding carboxylic acids is 3. The number of likely N-dealkylation sites (N-methyl/N-ethyl adjacent to an activating group) is 1. The molecule has 1 aliphatic rings. The number of nitrogens with zero attached hydrogens (tertiary/aromatic N) is 3. The number of ether oxygens (including phenoxy) is 1. The molecule has 0 unspecified atom stereocenters. The van der Waals surface area contributed by atoms with Gasteiger partial charge in [-0.25, -0.2) is 0 Å². The zero-order valence-corrected chi connectivity index (χ0v) is 17.8. The van der Waals surface area contributed by atoms with Gasteiger partial charge in [0, 0.05) is 17.3 Å². The Hall–Kier alpha value is -3.06. The number of anilines is 1. The highest BCUT2D eigenvalue weighted by atomic mass is 35.5. The van der Waals surface area contributed by atoms with E-state index in [-0.39, 0.29) is 43.9 Å². The van der Waals surface area contributed by atoms with Gasteiger partial charge in [0.15, 0.2) is 0 Å². The van der Waals surface area contributed by atoms with Gasteiger partial charge in [0.05, 0.1) is 20.1 Å². The van der Waals surface area contributed by atoms with Crippen molar-refractivity contribution >= 4 is 35.0 Å². The van der Waals surface area contributed by atoms with E-state index in [1.54, 1.807) is 43.5 Å². The summed E-state index contributed by atoms with van der Waals surface area (Å²) in [5, 5.41) is 0.576. The van der Waals surface area contributed by atoms with Crippen LogP contribution >= 0.6 is 11.6 Å². The average Bonchev–Trinajstić information content (AvgIpc) is 3.14. The first-order valence-electron chi connectivity index (χ1n) is 9.65. The van der Waals surface area contributed by atoms with E-state index in [0.29, 0.717) is 17.3 Å². The van der Waals surface area contributed by atoms with Crippen LogP contribution in [-0.4, -0.2) is 60.9 Å². The summed E-state index contributed by atoms with van der Waals surface area (Å²) in [6.45, 7) is 2.32. The number of hydrogen-bond acceptors (Lipinski definition) is 4. The third kappa shape index (κ3) is 5.10. The molecule has 0 aromatic heterocycles. The molecule has 30 heavy (non-hydrogen) atoms. The summed E-state index contributed by atoms with van der Waals surface area (Å²) in [7, 11) is 1.59. The quantitative estimate of drug-likeness (QED) is 0.678. The maximum Gasteiger partial charge on any atom is 0.248 e. The van der Waals surface area contributed by atoms with E-state index in [1.165, 1.54) is 14.7 Å². The lowest BCUT2D eigenvalue weighted by atomic mass is 10.1. The second-order valence-electron chi connectivity index (χ2n) is 6.96. The highest BCUT2D eigenvalue weighted by Crippen LogP contribution is 2.22. The number of rotatable bonds is 7. The second kappa shape index (κ2) is 9.63. The average molecular weight is 430 g/mol. The van der Waals surface area contributed by atoms with Gasteiger partial charge in [-0.05, 0) is 48.9 Å². The molecule has 0 saturated carbocycles. The van der Waals surface area contributed by atoms with Gasteiger partial charge >= 0.3 is 0 Å². The predicted octanol–water partition coefficient (Wildman–Crippen LogP) is 2.57. The van der Waals surface area contributed by atoms with Crippen LogP contribution in [0, 0.1) is 0 Å². The van der Waals surface area contributed by atoms with Crippen LogP contribution in [0.5, 0.6) is 5.75 Å². The van der Waals surface area contributed by atoms with Crippen LogP contribution in [0.15, 0.2) is 48.5 Å². The van der Waals surface area contributed by atoms with Crippen molar-refractivity contribution in [1.29, 1.82) is 0 Å². The fourth-order valence-electron chi connectivity index (χ4n) is 3.23. The number of amides is 3. The molecule has 0 radical (unpaired) electrons. The van der Waals surface area contributed by atoms with Gasteiger partial charge in [0.25, 0.3) is 0 Å². The molecule has 1 fully saturated rings. The van der Waals surface area contributed by atoms with Gasteiger partial charge < -0.3 is 14.5 Å². The zero-order chi connectivity index (χ0) is 21.7. The first-order chi connectivity index (χ1) is 14.4. The number of carbonyl (C=O) groups is 3. The largest absolute Gasteiger partial charge is 0.497 e. The van der Waals surface area contributed by atoms with Gasteiger partial charge in [-0.2, -0.15) is 0 Å². The molecule has 1 saturated heterocycles. The third-order valence-corrected chi connectivity index (χ3v) is 5.26. The molecule has 2 aromatic rings. The smallest absolute Gasteiger partial charge is 0.248 e. The Morgan fingerprint density at radius 2 is 1.77 bits per heavy atom. The minimum atomic E-state index is -0.259. The van der Waals surface area contributed by atoms with Gasteiger partial charge in [0.2, 0.25) is 17.7 Å². The summed E-state index contributed by atoms with van der Waals surface area (Å²) in [5.41, 5.74) is 1.53. The Balaban J connectivity index is 1.59. The lowest BCUT2D eigenvalue weighted by molar-refractivity contribution is -0.139. The van der Waals surface area contributed by atoms with Crippen molar-refractivity contribution in [1.82, 2.24) is 9.80 Å². The van der Waals surface area contributed by atoms with Crippen LogP contribution in [-0.2, 0) is 20.8 Å². The molecule has 8 heteroatoms. The first kappa shape index (κ1) is 21.6. The molecule has 0 bridgehead atoms. The summed E-state index contributed by atoms with van der Waals surface area (Å²) in [6, 6.07) is 14.1. The summed E-state index contributed by atoms with van der Waals surface area (Å²) in [4.78, 5) is 42.3. The van der Waals surface area contributed by atoms with E-state index in [0.717, 1.165) is 11.3 Å². The Morgan fingerprint density at radius 1 is 1.10 bits per heavy atom. The Labute approximate surface area is 180 Å². The number of benzene rings is 2. The molecule has 0 atom stereocenters. The lowest BCUT2D eigenvalue weighted by Gasteiger charge is -2.24. The first-order valence-corrected chi connectivity index (χ1v) is 10.0. The molecular formula is C22H24ClN3O4. The van der Waals surface area contributed by atoms with E-state index in [1.807, 2.05) is 19.1 Å². The van der Waals surface area contributed by atoms with Crippen LogP contribution in [0.1, 0.15) is 12.5 Å². The van der Waals surface area contributed by atoms with E-state index >= 15 is 0 Å². The standard InChI is InChI=1S/C22H24ClN3O4/c1-3-24(20(27)12-16-4-10-19(30-2)11-5-16)13-21(28)25-14-22(29)26(15-25)18-8-6-17(23)7-9-18/h4-11H,3,12-15H2,1-2H3. The maximum atomic E-state index is 12.7. The highest BCUT2D eigenvalue weighted by molar-refractivity contribution is 6.30. The van der Waals surface area contributed by atoms with Crippen molar-refractivity contribution in [2.24, 2.45) is 0 Å². The van der Waals surface area contributed by atoms with Crippen LogP contribution in [0.2, 0.25) is 5.02 Å². The minimum absolute atomic E-state index is 0.00825. The topological polar surface area (TPSA) is 70.2 Å². The molecule has 1 aliphatic heterocycles. The highest BCUT2D eigenvalue weighted by Gasteiger charge is 2.32. The number of hydrogen-bond donors (Lipinski definition) is 0. The van der Waals surface area contributed by atoms with Crippen molar-refractivity contribution in [3.63, 3.8) is 0 Å². The van der Waals surface area contributed by atoms with Crippen molar-refractivity contribution < 1.29 is 19.1 Å². The molecule has 0 spiro atoms. The Morgan fingerprint density at radius 3 is 2.37 bits per heavy atom. The normalized spacial score (nSPS) is 13.5. The second-order valence-corrected chi connectivity index (χ2v) is 7.40. The lowest BCUT2D eigenvalue weighted by Crippen LogP contribution is -2.43. The molecule has 7 nitrogen and oxygen atoms in total. The van der Waals surface area contributed by atoms with Crippen molar-refractivity contribution in [3.05, 3.63) is 59.1 Å². The molecule has 0 N–H and O–H groups in total. The van der Waals surface area contributed by atoms with E-state index in [9.17, 15) is 14.4 Å². The molecule has 3 rings (SSSR count). The van der Waals surface area contributed by atoms with Crippen LogP contribution < -0.4 is 9.64 Å². The van der Waals surface area contributed by atoms with Crippen LogP contribution in [0.3, 0.4) is 0 Å². The molecule has 158 valence electrons. The number of halogens is 1. The van der Waals surface area contributed by atoms with Crippen molar-refractivity contribution in [2.75, 3.05) is 38.3 Å². The van der Waals surface area contributed by atoms with Crippen molar-refractivity contribution in [3.8, 4) is 5.75 Å². The van der Waals surface area contributed by atoms with Crippen molar-refractivity contribution in [2.45, 2.75) is 13.3 Å². The SMILES string of the molecule is CCN(CC(=O)N1CC(=O)N(c2ccc(Cl)cc2)C1)C(=O)Cc1ccc(OC)cc1. The van der Waals surface area contributed by atoms with Crippen LogP contribution in [0.25, 0.3) is 0 Å². The fraction of sp³-hybridized carbons (Fsp3) is 0.318. The molecule has 1 heterocycles. The minimum Gasteiger partial charge on any atom is -0.497 e. The maximum absolute atomic E-state index is 12.7. The van der Waals surface area contributed by atoms with Gasteiger partial charge in [0.1, 0.15) is 19.0 Å². The molecule has 3 amide bonds. The Kier molecular flexibility index (Phi) is 6.95. The molecular weight excluding hydrogens is 406 g/mol. The zero-order valence-electron chi connectivity index (χ0n) is 17.0. The summed E-state index contributed by atoms with van der Waals surface area (Å²) in [6.07, 6.45) is 0.195. The van der Waals surface area contributed by atoms with Gasteiger partial charge in [-0.3, -0.25) is 19.3 Å². The Bertz CT molecular complexity index is 915. The fourth-order valence-corrected chi connectivity index (χ4v) is 3.36. The molecule has 2 aromatic carbocycles. The van der Waals surface area contributed by atoms with E-state index < -0.39 is 0 Å². The third-order valence-electron chi connectivity index (χ3n) is 5.01. The van der Waals surface area contributed by atoms with E-state index in [2.05, 4.69) is 0 Å². The summed E-state index contributed by atoms with van der Waals surface area (Å²) >= 11 is 5.90. The van der Waals surface area contributed by atoms with E-state index in [4.69, 9.17) is 16.3 Å². The number of methoxy groups -OCH3 is 1. The predicted molar refractivity (Wildman–Crippen MR) is 114 cm³/mol. The summed E-state index contributed by atoms with van der Waals surface area (Å²) < 4.78 is 5.12. The van der Waals surface area contributed by atoms with Crippen LogP contribution in [0.4, 0.5) is 5.69 Å². The van der Waals surface area contributed by atoms with Gasteiger partial charge in [-0.15, -0.1) is 0 Å².